The molecule has 0 aromatic carbocycles. The minimum Gasteiger partial charge on any atom is -0.244 e. The average Bonchev–Trinajstić information content (AvgIpc) is 2.37. The molecule has 62 valence electrons. The van der Waals surface area contributed by atoms with Crippen molar-refractivity contribution < 1.29 is 8.42 Å². The third-order valence-corrected chi connectivity index (χ3v) is 2.88. The molecule has 0 spiro atoms. The van der Waals surface area contributed by atoms with Crippen LogP contribution >= 0.6 is 0 Å². The van der Waals surface area contributed by atoms with E-state index in [1.165, 1.54) is 32.8 Å². The predicted octanol–water partition coefficient (Wildman–Crippen LogP) is -0.462. The van der Waals surface area contributed by atoms with Crippen LogP contribution in [-0.4, -0.2) is 35.8 Å². The van der Waals surface area contributed by atoms with Crippen molar-refractivity contribution in [2.75, 3.05) is 14.1 Å². The molecule has 0 unspecified atom stereocenters. The van der Waals surface area contributed by atoms with E-state index in [0.29, 0.717) is 0 Å². The van der Waals surface area contributed by atoms with Crippen LogP contribution in [0.15, 0.2) is 18.7 Å². The summed E-state index contributed by atoms with van der Waals surface area (Å²) in [5.41, 5.74) is 0. The van der Waals surface area contributed by atoms with Crippen LogP contribution < -0.4 is 0 Å². The van der Waals surface area contributed by atoms with E-state index in [9.17, 15) is 8.42 Å². The zero-order valence-electron chi connectivity index (χ0n) is 6.30. The topological polar surface area (TPSA) is 55.2 Å². The molecule has 0 N–H and O–H groups in total. The highest BCUT2D eigenvalue weighted by atomic mass is 32.2. The van der Waals surface area contributed by atoms with Crippen LogP contribution in [0.3, 0.4) is 0 Å². The van der Waals surface area contributed by atoms with E-state index < -0.39 is 10.2 Å². The van der Waals surface area contributed by atoms with Crippen molar-refractivity contribution in [1.29, 1.82) is 0 Å². The van der Waals surface area contributed by atoms with Crippen molar-refractivity contribution in [1.82, 2.24) is 13.3 Å². The van der Waals surface area contributed by atoms with Gasteiger partial charge in [0.2, 0.25) is 0 Å². The van der Waals surface area contributed by atoms with E-state index >= 15 is 0 Å². The molecule has 1 heterocycles. The molecule has 11 heavy (non-hydrogen) atoms. The number of rotatable bonds is 2. The maximum atomic E-state index is 11.2. The van der Waals surface area contributed by atoms with Crippen molar-refractivity contribution in [3.63, 3.8) is 0 Å². The van der Waals surface area contributed by atoms with Gasteiger partial charge in [-0.15, -0.1) is 0 Å². The molecule has 0 aliphatic carbocycles. The lowest BCUT2D eigenvalue weighted by atomic mass is 11.0. The van der Waals surface area contributed by atoms with Gasteiger partial charge in [-0.25, -0.2) is 8.96 Å². The first kappa shape index (κ1) is 8.22. The van der Waals surface area contributed by atoms with E-state index in [1.807, 2.05) is 0 Å². The second-order valence-electron chi connectivity index (χ2n) is 2.18. The van der Waals surface area contributed by atoms with Crippen LogP contribution in [0.1, 0.15) is 0 Å². The van der Waals surface area contributed by atoms with Crippen molar-refractivity contribution in [3.8, 4) is 0 Å². The molecule has 0 amide bonds. The molecule has 6 heteroatoms. The Morgan fingerprint density at radius 1 is 1.45 bits per heavy atom. The standard InChI is InChI=1S/C5H9N3O2S/c1-7(2)11(9,10)8-4-3-6-5-8/h3-5H,1-2H3/i6+1,8+1. The molecule has 0 bridgehead atoms. The first-order chi connectivity index (χ1) is 5.05. The Morgan fingerprint density at radius 3 is 2.45 bits per heavy atom. The number of imidazole rings is 1. The SMILES string of the molecule is CN(C)S(=O)(=O)[15n]1cc[15n]c1. The van der Waals surface area contributed by atoms with Gasteiger partial charge in [-0.05, 0) is 0 Å². The zero-order valence-corrected chi connectivity index (χ0v) is 7.11. The van der Waals surface area contributed by atoms with E-state index in [1.54, 1.807) is 0 Å². The van der Waals surface area contributed by atoms with Crippen molar-refractivity contribution >= 4 is 10.2 Å². The fourth-order valence-corrected chi connectivity index (χ4v) is 1.33. The Morgan fingerprint density at radius 2 is 2.09 bits per heavy atom. The highest BCUT2D eigenvalue weighted by molar-refractivity contribution is 7.87. The molecular weight excluding hydrogens is 168 g/mol. The molecule has 0 saturated heterocycles. The average molecular weight is 177 g/mol. The van der Waals surface area contributed by atoms with Gasteiger partial charge in [0.05, 0.1) is 0 Å². The summed E-state index contributed by atoms with van der Waals surface area (Å²) in [6.45, 7) is 0. The van der Waals surface area contributed by atoms with Gasteiger partial charge in [0.25, 0.3) is 0 Å². The quantitative estimate of drug-likeness (QED) is 0.614. The lowest BCUT2D eigenvalue weighted by Crippen LogP contribution is -2.27. The first-order valence-corrected chi connectivity index (χ1v) is 4.36. The molecule has 0 fully saturated rings. The molecule has 0 saturated carbocycles. The van der Waals surface area contributed by atoms with Gasteiger partial charge in [0.15, 0.2) is 0 Å². The fraction of sp³-hybridized carbons (Fsp3) is 0.400. The molecule has 5 nitrogen and oxygen atoms in total. The van der Waals surface area contributed by atoms with E-state index in [2.05, 4.69) is 4.98 Å². The van der Waals surface area contributed by atoms with Crippen LogP contribution in [0, 0.1) is 0 Å². The first-order valence-electron chi connectivity index (χ1n) is 2.96. The Balaban J connectivity index is 3.12. The van der Waals surface area contributed by atoms with Crippen molar-refractivity contribution in [2.45, 2.75) is 0 Å². The molecular formula is C5H9N3O2S. The summed E-state index contributed by atoms with van der Waals surface area (Å²) in [6.07, 6.45) is 4.05. The van der Waals surface area contributed by atoms with Gasteiger partial charge >= 0.3 is 10.2 Å². The lowest BCUT2D eigenvalue weighted by molar-refractivity contribution is 0.510. The Labute approximate surface area is 65.5 Å². The van der Waals surface area contributed by atoms with E-state index in [4.69, 9.17) is 0 Å². The molecule has 1 aromatic heterocycles. The molecule has 1 rings (SSSR count). The normalized spacial score (nSPS) is 12.3. The molecule has 0 radical (unpaired) electrons. The predicted molar refractivity (Wildman–Crippen MR) is 40.2 cm³/mol. The van der Waals surface area contributed by atoms with Gasteiger partial charge in [0, 0.05) is 26.5 Å². The van der Waals surface area contributed by atoms with Crippen LogP contribution in [0.2, 0.25) is 0 Å². The highest BCUT2D eigenvalue weighted by Gasteiger charge is 2.13. The molecule has 0 aliphatic rings. The third kappa shape index (κ3) is 1.41. The maximum absolute atomic E-state index is 11.2. The number of nitrogens with zero attached hydrogens (tertiary/aromatic N) is 3. The summed E-state index contributed by atoms with van der Waals surface area (Å²) >= 11 is 0. The Kier molecular flexibility index (Phi) is 1.97. The van der Waals surface area contributed by atoms with Gasteiger partial charge in [-0.2, -0.15) is 12.7 Å². The van der Waals surface area contributed by atoms with Crippen molar-refractivity contribution in [2.24, 2.45) is 0 Å². The van der Waals surface area contributed by atoms with Gasteiger partial charge < -0.3 is 0 Å². The van der Waals surface area contributed by atoms with Crippen LogP contribution in [0.25, 0.3) is 0 Å². The number of aromatic nitrogens is 2. The maximum Gasteiger partial charge on any atom is 0.308 e. The summed E-state index contributed by atoms with van der Waals surface area (Å²) in [5.74, 6) is 0. The van der Waals surface area contributed by atoms with Crippen LogP contribution in [0.4, 0.5) is 0 Å². The monoisotopic (exact) mass is 177 g/mol. The summed E-state index contributed by atoms with van der Waals surface area (Å²) in [4.78, 5) is 3.63. The summed E-state index contributed by atoms with van der Waals surface area (Å²) in [5, 5.41) is 0. The minimum absolute atomic E-state index is 1.05. The summed E-state index contributed by atoms with van der Waals surface area (Å²) < 4.78 is 24.7. The van der Waals surface area contributed by atoms with Crippen LogP contribution in [-0.2, 0) is 10.2 Å². The van der Waals surface area contributed by atoms with E-state index in [-0.39, 0.29) is 0 Å². The minimum atomic E-state index is -3.35. The van der Waals surface area contributed by atoms with Gasteiger partial charge in [0.1, 0.15) is 6.33 Å². The third-order valence-electron chi connectivity index (χ3n) is 1.21. The summed E-state index contributed by atoms with van der Waals surface area (Å²) in [6, 6.07) is 0. The molecule has 1 aromatic rings. The molecule has 0 atom stereocenters. The Hall–Kier alpha value is -0.880. The number of hydrogen-bond donors (Lipinski definition) is 0. The van der Waals surface area contributed by atoms with Crippen molar-refractivity contribution in [3.05, 3.63) is 18.7 Å². The lowest BCUT2D eigenvalue weighted by Gasteiger charge is -2.10. The number of hydrogen-bond acceptors (Lipinski definition) is 3. The highest BCUT2D eigenvalue weighted by Crippen LogP contribution is 1.98. The van der Waals surface area contributed by atoms with Gasteiger partial charge in [-0.3, -0.25) is 0 Å². The van der Waals surface area contributed by atoms with Crippen LogP contribution in [0.5, 0.6) is 0 Å². The largest absolute Gasteiger partial charge is 0.308 e. The zero-order chi connectivity index (χ0) is 8.48. The Bertz CT molecular complexity index is 314. The van der Waals surface area contributed by atoms with Gasteiger partial charge in [-0.1, -0.05) is 0 Å². The second kappa shape index (κ2) is 2.63. The second-order valence-corrected chi connectivity index (χ2v) is 4.23. The smallest absolute Gasteiger partial charge is 0.244 e. The summed E-state index contributed by atoms with van der Waals surface area (Å²) in [7, 11) is -0.411. The van der Waals surface area contributed by atoms with E-state index in [0.717, 1.165) is 8.28 Å². The fourth-order valence-electron chi connectivity index (χ4n) is 0.572. The molecule has 0 aliphatic heterocycles.